The molecule has 1 N–H and O–H groups in total. The molecular weight excluding hydrogens is 631 g/mol. The van der Waals surface area contributed by atoms with E-state index in [1.807, 2.05) is 72.8 Å². The Kier molecular flexibility index (Phi) is 9.87. The number of nitrogens with one attached hydrogen (secondary N) is 1. The number of nitrogens with zero attached hydrogens (tertiary/aromatic N) is 2. The maximum atomic E-state index is 14.5. The second-order valence-corrected chi connectivity index (χ2v) is 17.5. The van der Waals surface area contributed by atoms with Gasteiger partial charge in [0.25, 0.3) is 0 Å². The van der Waals surface area contributed by atoms with Crippen molar-refractivity contribution in [1.29, 1.82) is 0 Å². The van der Waals surface area contributed by atoms with Crippen LogP contribution in [-0.4, -0.2) is 50.0 Å². The van der Waals surface area contributed by atoms with Crippen molar-refractivity contribution in [2.45, 2.75) is 101 Å². The van der Waals surface area contributed by atoms with Crippen LogP contribution in [-0.2, 0) is 38.0 Å². The number of carbonyl (C=O) groups excluding carboxylic acids is 2. The molecule has 5 fully saturated rings. The molecule has 260 valence electrons. The van der Waals surface area contributed by atoms with Crippen LogP contribution in [0, 0.1) is 17.8 Å². The third kappa shape index (κ3) is 7.74. The van der Waals surface area contributed by atoms with E-state index in [-0.39, 0.29) is 30.5 Å². The van der Waals surface area contributed by atoms with Crippen LogP contribution < -0.4 is 9.62 Å². The average molecular weight is 682 g/mol. The Morgan fingerprint density at radius 3 is 1.88 bits per heavy atom. The quantitative estimate of drug-likeness (QED) is 0.223. The molecule has 5 saturated carbocycles. The van der Waals surface area contributed by atoms with Gasteiger partial charge in [0, 0.05) is 19.0 Å². The van der Waals surface area contributed by atoms with Gasteiger partial charge in [0.1, 0.15) is 12.6 Å². The van der Waals surface area contributed by atoms with Crippen LogP contribution in [0.1, 0.15) is 87.3 Å². The number of hydrogen-bond donors (Lipinski definition) is 1. The Morgan fingerprint density at radius 1 is 0.776 bits per heavy atom. The molecule has 8 heteroatoms. The number of amides is 2. The normalized spacial score (nSPS) is 25.4. The molecular formula is C41H51N3O4S. The highest BCUT2D eigenvalue weighted by atomic mass is 32.2. The van der Waals surface area contributed by atoms with E-state index in [0.717, 1.165) is 60.8 Å². The van der Waals surface area contributed by atoms with Crippen molar-refractivity contribution in [3.63, 3.8) is 0 Å². The summed E-state index contributed by atoms with van der Waals surface area (Å²) < 4.78 is 28.0. The second-order valence-electron chi connectivity index (χ2n) is 15.6. The van der Waals surface area contributed by atoms with Crippen molar-refractivity contribution in [3.05, 3.63) is 102 Å². The van der Waals surface area contributed by atoms with Gasteiger partial charge in [-0.3, -0.25) is 13.9 Å². The minimum Gasteiger partial charge on any atom is -0.352 e. The van der Waals surface area contributed by atoms with Crippen molar-refractivity contribution >= 4 is 27.5 Å². The standard InChI is InChI=1S/C41H51N3O4S/c1-49(47,48)44(37-19-17-35(18-20-37)41-25-32-21-33(26-41)23-34(22-32)27-41)29-39(45)43(28-31-13-7-3-8-14-31)38(24-30-11-5-2-6-12-30)40(46)42-36-15-9-4-10-16-36/h2-3,5-8,11-14,17-20,32-34,36,38H,4,9-10,15-16,21-29H2,1H3,(H,42,46). The van der Waals surface area contributed by atoms with Crippen molar-refractivity contribution in [1.82, 2.24) is 10.2 Å². The summed E-state index contributed by atoms with van der Waals surface area (Å²) >= 11 is 0. The van der Waals surface area contributed by atoms with Crippen LogP contribution in [0.15, 0.2) is 84.9 Å². The largest absolute Gasteiger partial charge is 0.352 e. The molecule has 4 bridgehead atoms. The summed E-state index contributed by atoms with van der Waals surface area (Å²) in [6.07, 6.45) is 14.4. The van der Waals surface area contributed by atoms with Crippen LogP contribution in [0.2, 0.25) is 0 Å². The second kappa shape index (κ2) is 14.3. The van der Waals surface area contributed by atoms with Gasteiger partial charge in [0.05, 0.1) is 11.9 Å². The van der Waals surface area contributed by atoms with Crippen LogP contribution in [0.4, 0.5) is 5.69 Å². The van der Waals surface area contributed by atoms with Crippen LogP contribution in [0.25, 0.3) is 0 Å². The highest BCUT2D eigenvalue weighted by Crippen LogP contribution is 2.60. The van der Waals surface area contributed by atoms with Gasteiger partial charge in [0.2, 0.25) is 21.8 Å². The van der Waals surface area contributed by atoms with Crippen LogP contribution >= 0.6 is 0 Å². The van der Waals surface area contributed by atoms with Gasteiger partial charge < -0.3 is 10.2 Å². The van der Waals surface area contributed by atoms with Crippen LogP contribution in [0.3, 0.4) is 0 Å². The third-order valence-electron chi connectivity index (χ3n) is 11.9. The molecule has 1 atom stereocenters. The molecule has 1 unspecified atom stereocenters. The molecule has 5 aliphatic rings. The minimum absolute atomic E-state index is 0.0770. The molecule has 49 heavy (non-hydrogen) atoms. The predicted molar refractivity (Wildman–Crippen MR) is 194 cm³/mol. The van der Waals surface area contributed by atoms with Gasteiger partial charge in [-0.15, -0.1) is 0 Å². The molecule has 2 amide bonds. The molecule has 0 aliphatic heterocycles. The summed E-state index contributed by atoms with van der Waals surface area (Å²) in [6, 6.07) is 26.7. The van der Waals surface area contributed by atoms with Gasteiger partial charge in [0.15, 0.2) is 0 Å². The first kappa shape index (κ1) is 33.8. The van der Waals surface area contributed by atoms with Crippen LogP contribution in [0.5, 0.6) is 0 Å². The topological polar surface area (TPSA) is 86.8 Å². The maximum Gasteiger partial charge on any atom is 0.244 e. The predicted octanol–water partition coefficient (Wildman–Crippen LogP) is 7.01. The Morgan fingerprint density at radius 2 is 1.33 bits per heavy atom. The lowest BCUT2D eigenvalue weighted by Crippen LogP contribution is -2.55. The van der Waals surface area contributed by atoms with E-state index in [1.165, 1.54) is 54.8 Å². The number of benzene rings is 3. The average Bonchev–Trinajstić information content (AvgIpc) is 3.09. The lowest BCUT2D eigenvalue weighted by atomic mass is 9.48. The van der Waals surface area contributed by atoms with Crippen molar-refractivity contribution in [2.75, 3.05) is 17.1 Å². The minimum atomic E-state index is -3.82. The fourth-order valence-corrected chi connectivity index (χ4v) is 10.8. The summed E-state index contributed by atoms with van der Waals surface area (Å²) in [6.45, 7) is -0.192. The smallest absolute Gasteiger partial charge is 0.244 e. The summed E-state index contributed by atoms with van der Waals surface area (Å²) in [7, 11) is -3.82. The summed E-state index contributed by atoms with van der Waals surface area (Å²) in [4.78, 5) is 30.3. The van der Waals surface area contributed by atoms with E-state index >= 15 is 0 Å². The maximum absolute atomic E-state index is 14.5. The summed E-state index contributed by atoms with van der Waals surface area (Å²) in [5, 5.41) is 3.27. The van der Waals surface area contributed by atoms with Gasteiger partial charge >= 0.3 is 0 Å². The molecule has 0 heterocycles. The van der Waals surface area contributed by atoms with Crippen molar-refractivity contribution in [2.24, 2.45) is 17.8 Å². The molecule has 0 spiro atoms. The molecule has 3 aromatic carbocycles. The van der Waals surface area contributed by atoms with Crippen molar-refractivity contribution < 1.29 is 18.0 Å². The van der Waals surface area contributed by atoms with Gasteiger partial charge in [-0.2, -0.15) is 0 Å². The first-order valence-corrected chi connectivity index (χ1v) is 20.3. The molecule has 8 rings (SSSR count). The third-order valence-corrected chi connectivity index (χ3v) is 13.0. The van der Waals surface area contributed by atoms with E-state index in [9.17, 15) is 18.0 Å². The Labute approximate surface area is 292 Å². The zero-order valence-electron chi connectivity index (χ0n) is 28.8. The zero-order chi connectivity index (χ0) is 34.0. The van der Waals surface area contributed by atoms with Gasteiger partial charge in [-0.05, 0) is 103 Å². The molecule has 5 aliphatic carbocycles. The molecule has 0 aromatic heterocycles. The van der Waals surface area contributed by atoms with E-state index < -0.39 is 22.0 Å². The van der Waals surface area contributed by atoms with E-state index in [0.29, 0.717) is 12.1 Å². The Bertz CT molecular complexity index is 1670. The fourth-order valence-electron chi connectivity index (χ4n) is 9.94. The fraction of sp³-hybridized carbons (Fsp3) is 0.512. The molecule has 0 saturated heterocycles. The highest BCUT2D eigenvalue weighted by Gasteiger charge is 2.51. The van der Waals surface area contributed by atoms with E-state index in [2.05, 4.69) is 17.4 Å². The Balaban J connectivity index is 1.17. The first-order valence-electron chi connectivity index (χ1n) is 18.4. The number of rotatable bonds is 12. The molecule has 3 aromatic rings. The lowest BCUT2D eigenvalue weighted by molar-refractivity contribution is -0.140. The van der Waals surface area contributed by atoms with Crippen molar-refractivity contribution in [3.8, 4) is 0 Å². The first-order chi connectivity index (χ1) is 23.6. The molecule has 0 radical (unpaired) electrons. The highest BCUT2D eigenvalue weighted by molar-refractivity contribution is 7.92. The summed E-state index contributed by atoms with van der Waals surface area (Å²) in [5.74, 6) is 1.84. The summed E-state index contributed by atoms with van der Waals surface area (Å²) in [5.41, 5.74) is 3.81. The van der Waals surface area contributed by atoms with E-state index in [1.54, 1.807) is 4.90 Å². The lowest BCUT2D eigenvalue weighted by Gasteiger charge is -2.57. The number of anilines is 1. The Hall–Kier alpha value is -3.65. The van der Waals surface area contributed by atoms with Gasteiger partial charge in [-0.1, -0.05) is 92.1 Å². The number of carbonyl (C=O) groups is 2. The number of hydrogen-bond acceptors (Lipinski definition) is 4. The van der Waals surface area contributed by atoms with Gasteiger partial charge in [-0.25, -0.2) is 8.42 Å². The zero-order valence-corrected chi connectivity index (χ0v) is 29.6. The monoisotopic (exact) mass is 681 g/mol. The number of sulfonamides is 1. The SMILES string of the molecule is CS(=O)(=O)N(CC(=O)N(Cc1ccccc1)C(Cc1ccccc1)C(=O)NC1CCCCC1)c1ccc(C23CC4CC(CC(C4)C2)C3)cc1. The molecule has 7 nitrogen and oxygen atoms in total. The van der Waals surface area contributed by atoms with E-state index in [4.69, 9.17) is 0 Å².